The molecule has 0 saturated carbocycles. The van der Waals surface area contributed by atoms with Gasteiger partial charge in [-0.25, -0.2) is 4.79 Å². The minimum Gasteiger partial charge on any atom is -0.467 e. The molecule has 0 aromatic heterocycles. The van der Waals surface area contributed by atoms with E-state index < -0.39 is 24.0 Å². The number of esters is 1. The van der Waals surface area contributed by atoms with Crippen LogP contribution in [0.25, 0.3) is 0 Å². The molecule has 0 heterocycles. The third kappa shape index (κ3) is 5.85. The van der Waals surface area contributed by atoms with Crippen molar-refractivity contribution in [1.82, 2.24) is 5.32 Å². The number of hydrogen-bond acceptors (Lipinski definition) is 4. The third-order valence-corrected chi connectivity index (χ3v) is 3.32. The largest absolute Gasteiger partial charge is 0.467 e. The Morgan fingerprint density at radius 1 is 1.32 bits per heavy atom. The molecule has 0 aliphatic carbocycles. The van der Waals surface area contributed by atoms with Crippen LogP contribution in [-0.2, 0) is 20.7 Å². The number of carbonyl (C=O) groups is 2. The summed E-state index contributed by atoms with van der Waals surface area (Å²) >= 11 is 0. The zero-order valence-electron chi connectivity index (χ0n) is 13.6. The van der Waals surface area contributed by atoms with Crippen molar-refractivity contribution in [3.8, 4) is 0 Å². The zero-order valence-corrected chi connectivity index (χ0v) is 13.6. The second kappa shape index (κ2) is 8.54. The second-order valence-corrected chi connectivity index (χ2v) is 5.92. The van der Waals surface area contributed by atoms with Gasteiger partial charge in [0.2, 0.25) is 5.91 Å². The van der Waals surface area contributed by atoms with Crippen LogP contribution in [0, 0.1) is 12.8 Å². The molecule has 0 radical (unpaired) electrons. The lowest BCUT2D eigenvalue weighted by Crippen LogP contribution is -2.47. The van der Waals surface area contributed by atoms with Crippen LogP contribution in [0.3, 0.4) is 0 Å². The first kappa shape index (κ1) is 18.2. The normalized spacial score (nSPS) is 13.5. The number of aliphatic hydroxyl groups excluding tert-OH is 1. The summed E-state index contributed by atoms with van der Waals surface area (Å²) in [6.45, 7) is 5.80. The number of carbonyl (C=O) groups excluding carboxylic acids is 2. The molecule has 0 fully saturated rings. The van der Waals surface area contributed by atoms with Gasteiger partial charge in [-0.15, -0.1) is 0 Å². The number of methoxy groups -OCH3 is 1. The Labute approximate surface area is 131 Å². The van der Waals surface area contributed by atoms with Gasteiger partial charge < -0.3 is 15.2 Å². The lowest BCUT2D eigenvalue weighted by Gasteiger charge is -2.19. The fourth-order valence-electron chi connectivity index (χ4n) is 2.23. The molecule has 0 aliphatic heterocycles. The Balaban J connectivity index is 2.77. The molecule has 5 nitrogen and oxygen atoms in total. The highest BCUT2D eigenvalue weighted by Crippen LogP contribution is 2.09. The van der Waals surface area contributed by atoms with Crippen LogP contribution in [0.15, 0.2) is 24.3 Å². The standard InChI is InChI=1S/C17H25NO4/c1-11(2)8-15(19)16(20)18-14(17(21)22-4)10-13-7-5-6-12(3)9-13/h5-7,9,11,14-15,19H,8,10H2,1-4H3,(H,18,20)/t14-,15+/m0/s1. The highest BCUT2D eigenvalue weighted by Gasteiger charge is 2.25. The van der Waals surface area contributed by atoms with Gasteiger partial charge in [0.1, 0.15) is 12.1 Å². The maximum atomic E-state index is 12.0. The third-order valence-electron chi connectivity index (χ3n) is 3.32. The van der Waals surface area contributed by atoms with Crippen molar-refractivity contribution in [3.63, 3.8) is 0 Å². The minimum atomic E-state index is -1.12. The minimum absolute atomic E-state index is 0.189. The maximum absolute atomic E-state index is 12.0. The molecule has 0 aliphatic rings. The first-order chi connectivity index (χ1) is 10.3. The van der Waals surface area contributed by atoms with E-state index in [1.807, 2.05) is 45.0 Å². The van der Waals surface area contributed by atoms with Gasteiger partial charge in [0.25, 0.3) is 0 Å². The van der Waals surface area contributed by atoms with Crippen LogP contribution in [0.5, 0.6) is 0 Å². The van der Waals surface area contributed by atoms with E-state index in [4.69, 9.17) is 4.74 Å². The Bertz CT molecular complexity index is 513. The van der Waals surface area contributed by atoms with Crippen LogP contribution in [-0.4, -0.2) is 36.2 Å². The van der Waals surface area contributed by atoms with E-state index in [-0.39, 0.29) is 5.92 Å². The number of nitrogens with one attached hydrogen (secondary N) is 1. The molecule has 0 unspecified atom stereocenters. The quantitative estimate of drug-likeness (QED) is 0.750. The maximum Gasteiger partial charge on any atom is 0.328 e. The fourth-order valence-corrected chi connectivity index (χ4v) is 2.23. The fraction of sp³-hybridized carbons (Fsp3) is 0.529. The molecule has 122 valence electrons. The number of benzene rings is 1. The van der Waals surface area contributed by atoms with Crippen molar-refractivity contribution in [1.29, 1.82) is 0 Å². The Morgan fingerprint density at radius 3 is 2.55 bits per heavy atom. The highest BCUT2D eigenvalue weighted by molar-refractivity contribution is 5.87. The summed E-state index contributed by atoms with van der Waals surface area (Å²) in [5, 5.41) is 12.4. The van der Waals surface area contributed by atoms with Crippen molar-refractivity contribution < 1.29 is 19.4 Å². The summed E-state index contributed by atoms with van der Waals surface area (Å²) in [6.07, 6.45) is -0.441. The van der Waals surface area contributed by atoms with Gasteiger partial charge in [-0.2, -0.15) is 0 Å². The van der Waals surface area contributed by atoms with Gasteiger partial charge in [-0.3, -0.25) is 4.79 Å². The first-order valence-corrected chi connectivity index (χ1v) is 7.45. The van der Waals surface area contributed by atoms with E-state index in [0.717, 1.165) is 11.1 Å². The van der Waals surface area contributed by atoms with Gasteiger partial charge in [0.15, 0.2) is 0 Å². The number of aryl methyl sites for hydroxylation is 1. The summed E-state index contributed by atoms with van der Waals surface area (Å²) in [5.74, 6) is -0.877. The summed E-state index contributed by atoms with van der Waals surface area (Å²) in [4.78, 5) is 23.9. The SMILES string of the molecule is COC(=O)[C@H](Cc1cccc(C)c1)NC(=O)[C@H](O)CC(C)C. The monoisotopic (exact) mass is 307 g/mol. The molecular formula is C17H25NO4. The van der Waals surface area contributed by atoms with E-state index in [1.54, 1.807) is 0 Å². The average Bonchev–Trinajstić information content (AvgIpc) is 2.44. The van der Waals surface area contributed by atoms with Crippen LogP contribution < -0.4 is 5.32 Å². The summed E-state index contributed by atoms with van der Waals surface area (Å²) in [5.41, 5.74) is 2.00. The van der Waals surface area contributed by atoms with E-state index in [0.29, 0.717) is 12.8 Å². The van der Waals surface area contributed by atoms with E-state index in [9.17, 15) is 14.7 Å². The van der Waals surface area contributed by atoms with Crippen LogP contribution >= 0.6 is 0 Å². The Hall–Kier alpha value is -1.88. The topological polar surface area (TPSA) is 75.6 Å². The van der Waals surface area contributed by atoms with Crippen LogP contribution in [0.2, 0.25) is 0 Å². The first-order valence-electron chi connectivity index (χ1n) is 7.45. The molecule has 1 amide bonds. The number of hydrogen-bond donors (Lipinski definition) is 2. The van der Waals surface area contributed by atoms with Gasteiger partial charge in [0.05, 0.1) is 7.11 Å². The number of ether oxygens (including phenoxy) is 1. The number of aliphatic hydroxyl groups is 1. The molecule has 22 heavy (non-hydrogen) atoms. The lowest BCUT2D eigenvalue weighted by molar-refractivity contribution is -0.146. The van der Waals surface area contributed by atoms with E-state index in [2.05, 4.69) is 5.32 Å². The van der Waals surface area contributed by atoms with Gasteiger partial charge in [-0.1, -0.05) is 43.7 Å². The number of amides is 1. The molecule has 1 aromatic carbocycles. The number of rotatable bonds is 7. The Kier molecular flexibility index (Phi) is 7.05. The van der Waals surface area contributed by atoms with Crippen molar-refractivity contribution in [3.05, 3.63) is 35.4 Å². The van der Waals surface area contributed by atoms with Gasteiger partial charge in [-0.05, 0) is 24.8 Å². The Morgan fingerprint density at radius 2 is 2.00 bits per heavy atom. The summed E-state index contributed by atoms with van der Waals surface area (Å²) < 4.78 is 4.74. The van der Waals surface area contributed by atoms with Crippen molar-refractivity contribution >= 4 is 11.9 Å². The molecule has 0 saturated heterocycles. The lowest BCUT2D eigenvalue weighted by atomic mass is 10.0. The molecule has 0 bridgehead atoms. The van der Waals surface area contributed by atoms with E-state index in [1.165, 1.54) is 7.11 Å². The molecule has 1 aromatic rings. The van der Waals surface area contributed by atoms with Gasteiger partial charge >= 0.3 is 5.97 Å². The van der Waals surface area contributed by atoms with Crippen LogP contribution in [0.1, 0.15) is 31.4 Å². The summed E-state index contributed by atoms with van der Waals surface area (Å²) in [6, 6.07) is 6.89. The average molecular weight is 307 g/mol. The summed E-state index contributed by atoms with van der Waals surface area (Å²) in [7, 11) is 1.28. The molecule has 2 atom stereocenters. The molecular weight excluding hydrogens is 282 g/mol. The molecule has 0 spiro atoms. The predicted octanol–water partition coefficient (Wildman–Crippen LogP) is 1.60. The van der Waals surface area contributed by atoms with Gasteiger partial charge in [0, 0.05) is 6.42 Å². The van der Waals surface area contributed by atoms with Crippen LogP contribution in [0.4, 0.5) is 0 Å². The smallest absolute Gasteiger partial charge is 0.328 e. The highest BCUT2D eigenvalue weighted by atomic mass is 16.5. The van der Waals surface area contributed by atoms with Crippen molar-refractivity contribution in [2.24, 2.45) is 5.92 Å². The van der Waals surface area contributed by atoms with Crippen molar-refractivity contribution in [2.45, 2.75) is 45.8 Å². The molecule has 5 heteroatoms. The van der Waals surface area contributed by atoms with E-state index >= 15 is 0 Å². The molecule has 2 N–H and O–H groups in total. The van der Waals surface area contributed by atoms with Crippen molar-refractivity contribution in [2.75, 3.05) is 7.11 Å². The second-order valence-electron chi connectivity index (χ2n) is 5.92. The zero-order chi connectivity index (χ0) is 16.7. The predicted molar refractivity (Wildman–Crippen MR) is 84.3 cm³/mol. The molecule has 1 rings (SSSR count).